The Morgan fingerprint density at radius 1 is 0.950 bits per heavy atom. The molecule has 2 rings (SSSR count). The van der Waals surface area contributed by atoms with Crippen LogP contribution in [0.1, 0.15) is 16.7 Å². The van der Waals surface area contributed by atoms with Gasteiger partial charge in [-0.25, -0.2) is 8.42 Å². The molecule has 0 aromatic heterocycles. The summed E-state index contributed by atoms with van der Waals surface area (Å²) in [5.74, 6) is 0. The predicted molar refractivity (Wildman–Crippen MR) is 82.3 cm³/mol. The standard InChI is InChI=1S/C15H18N2O2S/c1-10-4-7-15(14(16)8-10)17-20(18,19)13-6-5-11(2)12(3)9-13/h4-9,17H,16H2,1-3H3. The van der Waals surface area contributed by atoms with Crippen LogP contribution in [0, 0.1) is 20.8 Å². The van der Waals surface area contributed by atoms with Crippen molar-refractivity contribution in [3.8, 4) is 0 Å². The third-order valence-electron chi connectivity index (χ3n) is 3.24. The third-order valence-corrected chi connectivity index (χ3v) is 4.60. The molecule has 3 N–H and O–H groups in total. The summed E-state index contributed by atoms with van der Waals surface area (Å²) >= 11 is 0. The lowest BCUT2D eigenvalue weighted by Crippen LogP contribution is -2.14. The van der Waals surface area contributed by atoms with E-state index in [1.807, 2.05) is 26.8 Å². The number of hydrogen-bond donors (Lipinski definition) is 2. The Kier molecular flexibility index (Phi) is 3.72. The van der Waals surface area contributed by atoms with E-state index >= 15 is 0 Å². The summed E-state index contributed by atoms with van der Waals surface area (Å²) in [5.41, 5.74) is 9.62. The van der Waals surface area contributed by atoms with E-state index in [9.17, 15) is 8.42 Å². The second kappa shape index (κ2) is 5.17. The van der Waals surface area contributed by atoms with E-state index in [4.69, 9.17) is 5.73 Å². The molecular weight excluding hydrogens is 272 g/mol. The van der Waals surface area contributed by atoms with Gasteiger partial charge >= 0.3 is 0 Å². The molecule has 0 spiro atoms. The Morgan fingerprint density at radius 3 is 2.25 bits per heavy atom. The molecule has 0 amide bonds. The number of hydrogen-bond acceptors (Lipinski definition) is 3. The van der Waals surface area contributed by atoms with Crippen LogP contribution < -0.4 is 10.5 Å². The quantitative estimate of drug-likeness (QED) is 0.854. The van der Waals surface area contributed by atoms with E-state index in [0.29, 0.717) is 11.4 Å². The van der Waals surface area contributed by atoms with Crippen molar-refractivity contribution in [3.05, 3.63) is 53.1 Å². The first-order chi connectivity index (χ1) is 9.29. The first-order valence-electron chi connectivity index (χ1n) is 6.26. The van der Waals surface area contributed by atoms with Crippen LogP contribution in [-0.4, -0.2) is 8.42 Å². The van der Waals surface area contributed by atoms with E-state index < -0.39 is 10.0 Å². The van der Waals surface area contributed by atoms with Crippen molar-refractivity contribution < 1.29 is 8.42 Å². The van der Waals surface area contributed by atoms with Gasteiger partial charge in [0.25, 0.3) is 10.0 Å². The molecule has 0 fully saturated rings. The zero-order valence-corrected chi connectivity index (χ0v) is 12.6. The summed E-state index contributed by atoms with van der Waals surface area (Å²) < 4.78 is 27.2. The maximum atomic E-state index is 12.3. The largest absolute Gasteiger partial charge is 0.397 e. The summed E-state index contributed by atoms with van der Waals surface area (Å²) in [4.78, 5) is 0.237. The van der Waals surface area contributed by atoms with Gasteiger partial charge in [-0.3, -0.25) is 4.72 Å². The molecule has 0 radical (unpaired) electrons. The topological polar surface area (TPSA) is 72.2 Å². The number of aryl methyl sites for hydroxylation is 3. The molecule has 0 saturated carbocycles. The van der Waals surface area contributed by atoms with Crippen LogP contribution in [0.25, 0.3) is 0 Å². The lowest BCUT2D eigenvalue weighted by Gasteiger charge is -2.12. The molecular formula is C15H18N2O2S. The second-order valence-electron chi connectivity index (χ2n) is 4.94. The van der Waals surface area contributed by atoms with E-state index in [0.717, 1.165) is 16.7 Å². The highest BCUT2D eigenvalue weighted by molar-refractivity contribution is 7.92. The fourth-order valence-corrected chi connectivity index (χ4v) is 3.03. The lowest BCUT2D eigenvalue weighted by molar-refractivity contribution is 0.601. The Morgan fingerprint density at radius 2 is 1.65 bits per heavy atom. The number of rotatable bonds is 3. The molecule has 0 unspecified atom stereocenters. The zero-order chi connectivity index (χ0) is 14.9. The fraction of sp³-hybridized carbons (Fsp3) is 0.200. The highest BCUT2D eigenvalue weighted by atomic mass is 32.2. The van der Waals surface area contributed by atoms with Crippen molar-refractivity contribution in [1.82, 2.24) is 0 Å². The average Bonchev–Trinajstić information content (AvgIpc) is 2.36. The van der Waals surface area contributed by atoms with Crippen LogP contribution >= 0.6 is 0 Å². The lowest BCUT2D eigenvalue weighted by atomic mass is 10.1. The highest BCUT2D eigenvalue weighted by Crippen LogP contribution is 2.24. The monoisotopic (exact) mass is 290 g/mol. The maximum absolute atomic E-state index is 12.3. The summed E-state index contributed by atoms with van der Waals surface area (Å²) in [6, 6.07) is 10.3. The second-order valence-corrected chi connectivity index (χ2v) is 6.62. The van der Waals surface area contributed by atoms with E-state index in [2.05, 4.69) is 4.72 Å². The molecule has 0 aliphatic rings. The van der Waals surface area contributed by atoms with Crippen molar-refractivity contribution in [2.75, 3.05) is 10.5 Å². The van der Waals surface area contributed by atoms with Crippen LogP contribution in [0.4, 0.5) is 11.4 Å². The molecule has 0 bridgehead atoms. The van der Waals surface area contributed by atoms with Gasteiger partial charge in [0.2, 0.25) is 0 Å². The number of benzene rings is 2. The van der Waals surface area contributed by atoms with Crippen molar-refractivity contribution in [2.45, 2.75) is 25.7 Å². The van der Waals surface area contributed by atoms with Gasteiger partial charge in [-0.05, 0) is 61.7 Å². The summed E-state index contributed by atoms with van der Waals surface area (Å²) in [6.45, 7) is 5.73. The van der Waals surface area contributed by atoms with Crippen LogP contribution in [0.3, 0.4) is 0 Å². The SMILES string of the molecule is Cc1ccc(NS(=O)(=O)c2ccc(C)c(C)c2)c(N)c1. The number of anilines is 2. The Balaban J connectivity index is 2.38. The first kappa shape index (κ1) is 14.4. The molecule has 2 aromatic carbocycles. The van der Waals surface area contributed by atoms with Gasteiger partial charge in [-0.1, -0.05) is 12.1 Å². The van der Waals surface area contributed by atoms with Crippen LogP contribution in [0.5, 0.6) is 0 Å². The van der Waals surface area contributed by atoms with E-state index in [1.165, 1.54) is 0 Å². The summed E-state index contributed by atoms with van der Waals surface area (Å²) in [5, 5.41) is 0. The van der Waals surface area contributed by atoms with E-state index in [1.54, 1.807) is 30.3 Å². The molecule has 106 valence electrons. The Hall–Kier alpha value is -2.01. The molecule has 4 nitrogen and oxygen atoms in total. The minimum absolute atomic E-state index is 0.237. The highest BCUT2D eigenvalue weighted by Gasteiger charge is 2.16. The van der Waals surface area contributed by atoms with Crippen LogP contribution in [-0.2, 0) is 10.0 Å². The normalized spacial score (nSPS) is 11.3. The van der Waals surface area contributed by atoms with Crippen LogP contribution in [0.2, 0.25) is 0 Å². The summed E-state index contributed by atoms with van der Waals surface area (Å²) in [7, 11) is -3.62. The summed E-state index contributed by atoms with van der Waals surface area (Å²) in [6.07, 6.45) is 0. The Labute approximate surface area is 119 Å². The van der Waals surface area contributed by atoms with Gasteiger partial charge in [0.05, 0.1) is 16.3 Å². The number of nitrogens with two attached hydrogens (primary N) is 1. The minimum Gasteiger partial charge on any atom is -0.397 e. The van der Waals surface area contributed by atoms with Gasteiger partial charge in [-0.15, -0.1) is 0 Å². The molecule has 2 aromatic rings. The molecule has 0 aliphatic carbocycles. The van der Waals surface area contributed by atoms with Gasteiger partial charge in [0, 0.05) is 0 Å². The van der Waals surface area contributed by atoms with Gasteiger partial charge in [-0.2, -0.15) is 0 Å². The van der Waals surface area contributed by atoms with Gasteiger partial charge in [0.1, 0.15) is 0 Å². The van der Waals surface area contributed by atoms with Gasteiger partial charge < -0.3 is 5.73 Å². The van der Waals surface area contributed by atoms with Crippen LogP contribution in [0.15, 0.2) is 41.3 Å². The molecule has 20 heavy (non-hydrogen) atoms. The third kappa shape index (κ3) is 2.93. The number of nitrogen functional groups attached to an aromatic ring is 1. The predicted octanol–water partition coefficient (Wildman–Crippen LogP) is 2.99. The molecule has 0 aliphatic heterocycles. The molecule has 0 atom stereocenters. The first-order valence-corrected chi connectivity index (χ1v) is 7.74. The Bertz CT molecular complexity index is 752. The number of sulfonamides is 1. The molecule has 5 heteroatoms. The van der Waals surface area contributed by atoms with E-state index in [-0.39, 0.29) is 4.90 Å². The zero-order valence-electron chi connectivity index (χ0n) is 11.8. The number of nitrogens with one attached hydrogen (secondary N) is 1. The average molecular weight is 290 g/mol. The van der Waals surface area contributed by atoms with Crippen molar-refractivity contribution in [3.63, 3.8) is 0 Å². The van der Waals surface area contributed by atoms with Crippen molar-refractivity contribution in [2.24, 2.45) is 0 Å². The maximum Gasteiger partial charge on any atom is 0.261 e. The molecule has 0 saturated heterocycles. The van der Waals surface area contributed by atoms with Crippen molar-refractivity contribution >= 4 is 21.4 Å². The van der Waals surface area contributed by atoms with Crippen molar-refractivity contribution in [1.29, 1.82) is 0 Å². The minimum atomic E-state index is -3.62. The fourth-order valence-electron chi connectivity index (χ4n) is 1.86. The smallest absolute Gasteiger partial charge is 0.261 e. The molecule has 0 heterocycles. The van der Waals surface area contributed by atoms with Gasteiger partial charge in [0.15, 0.2) is 0 Å².